The maximum atomic E-state index is 12.2. The van der Waals surface area contributed by atoms with E-state index < -0.39 is 12.7 Å². The second kappa shape index (κ2) is 6.04. The van der Waals surface area contributed by atoms with Crippen LogP contribution in [0.2, 0.25) is 0 Å². The number of anilines is 2. The molecule has 1 aromatic heterocycles. The molecule has 0 unspecified atom stereocenters. The van der Waals surface area contributed by atoms with Gasteiger partial charge in [0.1, 0.15) is 11.5 Å². The van der Waals surface area contributed by atoms with Crippen molar-refractivity contribution in [1.82, 2.24) is 0 Å². The van der Waals surface area contributed by atoms with Gasteiger partial charge < -0.3 is 11.1 Å². The molecule has 0 spiro atoms. The van der Waals surface area contributed by atoms with E-state index in [1.54, 1.807) is 20.1 Å². The number of thioether (sulfide) groups is 1. The van der Waals surface area contributed by atoms with Crippen molar-refractivity contribution in [2.24, 2.45) is 5.92 Å². The van der Waals surface area contributed by atoms with Crippen molar-refractivity contribution in [1.29, 1.82) is 0 Å². The molecule has 0 amide bonds. The summed E-state index contributed by atoms with van der Waals surface area (Å²) in [6.45, 7) is 2.31. The number of thiophene rings is 1. The smallest absolute Gasteiger partial charge is 0.396 e. The van der Waals surface area contributed by atoms with Crippen molar-refractivity contribution in [2.75, 3.05) is 23.9 Å². The monoisotopic (exact) mass is 312 g/mol. The molecule has 3 nitrogen and oxygen atoms in total. The Morgan fingerprint density at radius 3 is 2.47 bits per heavy atom. The Labute approximate surface area is 117 Å². The lowest BCUT2D eigenvalue weighted by molar-refractivity contribution is -0.115. The third kappa shape index (κ3) is 4.04. The number of Topliss-reactive ketones (excluding diaryl/α,β-unsaturated/α-hetero) is 1. The maximum Gasteiger partial charge on any atom is 0.405 e. The van der Waals surface area contributed by atoms with Crippen molar-refractivity contribution >= 4 is 39.6 Å². The Morgan fingerprint density at radius 2 is 2.05 bits per heavy atom. The highest BCUT2D eigenvalue weighted by atomic mass is 32.2. The van der Waals surface area contributed by atoms with Gasteiger partial charge in [-0.3, -0.25) is 4.79 Å². The predicted octanol–water partition coefficient (Wildman–Crippen LogP) is 3.87. The molecule has 1 aromatic rings. The summed E-state index contributed by atoms with van der Waals surface area (Å²) in [5.74, 6) is -0.399. The molecule has 0 aliphatic carbocycles. The quantitative estimate of drug-likeness (QED) is 0.640. The average molecular weight is 312 g/mol. The molecule has 0 saturated carbocycles. The first-order chi connectivity index (χ1) is 8.67. The van der Waals surface area contributed by atoms with E-state index in [4.69, 9.17) is 5.73 Å². The number of nitrogen functional groups attached to an aromatic ring is 1. The third-order valence-electron chi connectivity index (χ3n) is 2.30. The molecule has 8 heteroatoms. The van der Waals surface area contributed by atoms with Gasteiger partial charge in [-0.2, -0.15) is 13.2 Å². The number of nitrogens with one attached hydrogen (secondary N) is 1. The van der Waals surface area contributed by atoms with Crippen LogP contribution in [0, 0.1) is 5.92 Å². The molecule has 0 atom stereocenters. The Kier molecular flexibility index (Phi) is 5.14. The lowest BCUT2D eigenvalue weighted by Crippen LogP contribution is -2.21. The van der Waals surface area contributed by atoms with E-state index in [9.17, 15) is 18.0 Å². The van der Waals surface area contributed by atoms with Crippen LogP contribution in [-0.4, -0.2) is 24.8 Å². The number of rotatable bonds is 5. The van der Waals surface area contributed by atoms with Crippen LogP contribution >= 0.6 is 23.1 Å². The molecule has 1 heterocycles. The highest BCUT2D eigenvalue weighted by Gasteiger charge is 2.29. The number of ketones is 1. The largest absolute Gasteiger partial charge is 0.405 e. The minimum Gasteiger partial charge on any atom is -0.396 e. The number of halogens is 3. The van der Waals surface area contributed by atoms with Gasteiger partial charge in [-0.05, 0) is 6.26 Å². The summed E-state index contributed by atoms with van der Waals surface area (Å²) in [4.78, 5) is 12.7. The predicted molar refractivity (Wildman–Crippen MR) is 74.2 cm³/mol. The van der Waals surface area contributed by atoms with Gasteiger partial charge in [0.05, 0.1) is 15.5 Å². The minimum atomic E-state index is -4.31. The first kappa shape index (κ1) is 16.2. The molecule has 0 fully saturated rings. The van der Waals surface area contributed by atoms with Crippen LogP contribution in [0.25, 0.3) is 0 Å². The summed E-state index contributed by atoms with van der Waals surface area (Å²) >= 11 is 2.21. The SMILES string of the molecule is CSc1c(NCC(F)(F)F)sc(C(=O)C(C)C)c1N. The molecular weight excluding hydrogens is 297 g/mol. The van der Waals surface area contributed by atoms with Gasteiger partial charge in [-0.15, -0.1) is 23.1 Å². The Hall–Kier alpha value is -0.890. The van der Waals surface area contributed by atoms with Crippen LogP contribution < -0.4 is 11.1 Å². The van der Waals surface area contributed by atoms with E-state index in [1.807, 2.05) is 0 Å². The van der Waals surface area contributed by atoms with Crippen LogP contribution in [-0.2, 0) is 0 Å². The number of hydrogen-bond acceptors (Lipinski definition) is 5. The van der Waals surface area contributed by atoms with Crippen LogP contribution in [0.3, 0.4) is 0 Å². The zero-order chi connectivity index (χ0) is 14.8. The van der Waals surface area contributed by atoms with Crippen molar-refractivity contribution in [3.05, 3.63) is 4.88 Å². The van der Waals surface area contributed by atoms with E-state index in [1.165, 1.54) is 11.8 Å². The van der Waals surface area contributed by atoms with E-state index >= 15 is 0 Å². The molecule has 19 heavy (non-hydrogen) atoms. The van der Waals surface area contributed by atoms with Gasteiger partial charge in [0.2, 0.25) is 0 Å². The number of alkyl halides is 3. The molecule has 0 radical (unpaired) electrons. The van der Waals surface area contributed by atoms with Gasteiger partial charge in [0, 0.05) is 5.92 Å². The van der Waals surface area contributed by atoms with Crippen molar-refractivity contribution in [3.8, 4) is 0 Å². The minimum absolute atomic E-state index is 0.155. The second-order valence-electron chi connectivity index (χ2n) is 4.19. The number of hydrogen-bond donors (Lipinski definition) is 2. The fourth-order valence-electron chi connectivity index (χ4n) is 1.37. The molecule has 0 aromatic carbocycles. The van der Waals surface area contributed by atoms with Crippen LogP contribution in [0.4, 0.5) is 23.9 Å². The van der Waals surface area contributed by atoms with E-state index in [0.29, 0.717) is 14.8 Å². The summed E-state index contributed by atoms with van der Waals surface area (Å²) < 4.78 is 36.6. The number of carbonyl (C=O) groups is 1. The first-order valence-corrected chi connectivity index (χ1v) is 7.52. The zero-order valence-corrected chi connectivity index (χ0v) is 12.4. The highest BCUT2D eigenvalue weighted by Crippen LogP contribution is 2.42. The van der Waals surface area contributed by atoms with Gasteiger partial charge in [0.15, 0.2) is 5.78 Å². The molecule has 0 bridgehead atoms. The lowest BCUT2D eigenvalue weighted by Gasteiger charge is -2.08. The fraction of sp³-hybridized carbons (Fsp3) is 0.545. The average Bonchev–Trinajstić information content (AvgIpc) is 2.61. The maximum absolute atomic E-state index is 12.2. The van der Waals surface area contributed by atoms with Crippen LogP contribution in [0.5, 0.6) is 0 Å². The molecule has 3 N–H and O–H groups in total. The molecule has 0 saturated heterocycles. The number of carbonyl (C=O) groups excluding carboxylic acids is 1. The second-order valence-corrected chi connectivity index (χ2v) is 6.03. The summed E-state index contributed by atoms with van der Waals surface area (Å²) in [6.07, 6.45) is -2.60. The zero-order valence-electron chi connectivity index (χ0n) is 10.7. The van der Waals surface area contributed by atoms with E-state index in [0.717, 1.165) is 11.3 Å². The summed E-state index contributed by atoms with van der Waals surface area (Å²) in [7, 11) is 0. The fourth-order valence-corrected chi connectivity index (χ4v) is 3.49. The van der Waals surface area contributed by atoms with Gasteiger partial charge in [-0.1, -0.05) is 13.8 Å². The topological polar surface area (TPSA) is 55.1 Å². The van der Waals surface area contributed by atoms with Gasteiger partial charge in [0.25, 0.3) is 0 Å². The molecule has 0 aliphatic heterocycles. The van der Waals surface area contributed by atoms with Gasteiger partial charge >= 0.3 is 6.18 Å². The highest BCUT2D eigenvalue weighted by molar-refractivity contribution is 7.99. The summed E-state index contributed by atoms with van der Waals surface area (Å²) in [6, 6.07) is 0. The van der Waals surface area contributed by atoms with Gasteiger partial charge in [-0.25, -0.2) is 0 Å². The Bertz CT molecular complexity index is 469. The molecule has 0 aliphatic rings. The Balaban J connectivity index is 3.06. The van der Waals surface area contributed by atoms with Crippen molar-refractivity contribution in [2.45, 2.75) is 24.9 Å². The molecular formula is C11H15F3N2OS2. The van der Waals surface area contributed by atoms with E-state index in [-0.39, 0.29) is 17.4 Å². The molecule has 1 rings (SSSR count). The normalized spacial score (nSPS) is 11.9. The summed E-state index contributed by atoms with van der Waals surface area (Å²) in [5.41, 5.74) is 6.10. The molecule has 108 valence electrons. The van der Waals surface area contributed by atoms with Crippen LogP contribution in [0.1, 0.15) is 23.5 Å². The van der Waals surface area contributed by atoms with Crippen LogP contribution in [0.15, 0.2) is 4.90 Å². The lowest BCUT2D eigenvalue weighted by atomic mass is 10.1. The van der Waals surface area contributed by atoms with E-state index in [2.05, 4.69) is 5.32 Å². The van der Waals surface area contributed by atoms with Crippen molar-refractivity contribution in [3.63, 3.8) is 0 Å². The van der Waals surface area contributed by atoms with Crippen molar-refractivity contribution < 1.29 is 18.0 Å². The standard InChI is InChI=1S/C11H15F3N2OS2/c1-5(2)7(17)8-6(15)9(18-3)10(19-8)16-4-11(12,13)14/h5,16H,4,15H2,1-3H3. The Morgan fingerprint density at radius 1 is 1.47 bits per heavy atom. The third-order valence-corrected chi connectivity index (χ3v) is 4.44. The summed E-state index contributed by atoms with van der Waals surface area (Å²) in [5, 5.41) is 2.60. The number of nitrogens with two attached hydrogens (primary N) is 1. The first-order valence-electron chi connectivity index (χ1n) is 5.48.